The maximum Gasteiger partial charge on any atom is 0.0888 e. The molecule has 5 aliphatic rings. The summed E-state index contributed by atoms with van der Waals surface area (Å²) in [4.78, 5) is 0. The van der Waals surface area contributed by atoms with E-state index in [-0.39, 0.29) is 40.7 Å². The van der Waals surface area contributed by atoms with Crippen molar-refractivity contribution < 1.29 is 19.7 Å². The zero-order valence-electron chi connectivity index (χ0n) is 22.9. The molecule has 34 heavy (non-hydrogen) atoms. The zero-order chi connectivity index (χ0) is 24.7. The minimum absolute atomic E-state index is 0.0433. The van der Waals surface area contributed by atoms with Crippen LogP contribution in [-0.4, -0.2) is 45.8 Å². The van der Waals surface area contributed by atoms with Crippen LogP contribution in [0.15, 0.2) is 11.1 Å². The minimum Gasteiger partial charge on any atom is -0.390 e. The topological polar surface area (TPSA) is 58.9 Å². The van der Waals surface area contributed by atoms with E-state index >= 15 is 0 Å². The van der Waals surface area contributed by atoms with E-state index < -0.39 is 11.2 Å². The summed E-state index contributed by atoms with van der Waals surface area (Å²) in [5.74, 6) is 0.634. The number of fused-ring (bicyclic) bond motifs is 4. The van der Waals surface area contributed by atoms with Gasteiger partial charge in [-0.25, -0.2) is 0 Å². The van der Waals surface area contributed by atoms with Gasteiger partial charge >= 0.3 is 0 Å². The van der Waals surface area contributed by atoms with Gasteiger partial charge in [0.05, 0.1) is 35.6 Å². The lowest BCUT2D eigenvalue weighted by molar-refractivity contribution is -0.190. The maximum atomic E-state index is 10.8. The van der Waals surface area contributed by atoms with Crippen LogP contribution in [0, 0.1) is 22.2 Å². The third-order valence-electron chi connectivity index (χ3n) is 11.4. The van der Waals surface area contributed by atoms with Crippen molar-refractivity contribution in [1.82, 2.24) is 0 Å². The van der Waals surface area contributed by atoms with Crippen molar-refractivity contribution in [2.24, 2.45) is 22.2 Å². The average molecular weight is 475 g/mol. The van der Waals surface area contributed by atoms with E-state index in [4.69, 9.17) is 9.47 Å². The molecule has 0 spiro atoms. The molecule has 4 heteroatoms. The number of allylic oxidation sites excluding steroid dienone is 2. The molecule has 3 saturated carbocycles. The van der Waals surface area contributed by atoms with Gasteiger partial charge < -0.3 is 19.7 Å². The number of aliphatic hydroxyl groups excluding tert-OH is 1. The van der Waals surface area contributed by atoms with Crippen molar-refractivity contribution in [2.75, 3.05) is 0 Å². The van der Waals surface area contributed by atoms with E-state index in [0.717, 1.165) is 51.4 Å². The van der Waals surface area contributed by atoms with Gasteiger partial charge in [-0.2, -0.15) is 0 Å². The maximum absolute atomic E-state index is 10.8. The molecule has 2 N–H and O–H groups in total. The lowest BCUT2D eigenvalue weighted by Crippen LogP contribution is -2.52. The number of aliphatic hydroxyl groups is 2. The van der Waals surface area contributed by atoms with Gasteiger partial charge in [-0.05, 0) is 120 Å². The molecule has 0 amide bonds. The van der Waals surface area contributed by atoms with E-state index in [0.29, 0.717) is 5.92 Å². The molecule has 0 aromatic rings. The molecule has 194 valence electrons. The van der Waals surface area contributed by atoms with Gasteiger partial charge in [0.1, 0.15) is 0 Å². The number of rotatable bonds is 1. The fourth-order valence-corrected chi connectivity index (χ4v) is 9.15. The van der Waals surface area contributed by atoms with Gasteiger partial charge in [-0.15, -0.1) is 0 Å². The highest BCUT2D eigenvalue weighted by molar-refractivity contribution is 5.32. The second kappa shape index (κ2) is 8.04. The predicted molar refractivity (Wildman–Crippen MR) is 136 cm³/mol. The highest BCUT2D eigenvalue weighted by Gasteiger charge is 2.60. The molecule has 0 bridgehead atoms. The van der Waals surface area contributed by atoms with Crippen molar-refractivity contribution >= 4 is 0 Å². The van der Waals surface area contributed by atoms with Gasteiger partial charge in [0.2, 0.25) is 0 Å². The van der Waals surface area contributed by atoms with Crippen LogP contribution in [0.1, 0.15) is 119 Å². The van der Waals surface area contributed by atoms with Crippen LogP contribution in [0.5, 0.6) is 0 Å². The molecule has 0 radical (unpaired) electrons. The Morgan fingerprint density at radius 1 is 0.853 bits per heavy atom. The van der Waals surface area contributed by atoms with Crippen molar-refractivity contribution in [1.29, 1.82) is 0 Å². The molecule has 0 aromatic heterocycles. The quantitative estimate of drug-likeness (QED) is 0.436. The van der Waals surface area contributed by atoms with Crippen LogP contribution in [0.2, 0.25) is 0 Å². The highest BCUT2D eigenvalue weighted by atomic mass is 16.5. The van der Waals surface area contributed by atoms with E-state index in [1.54, 1.807) is 11.1 Å². The molecule has 2 saturated heterocycles. The summed E-state index contributed by atoms with van der Waals surface area (Å²) in [7, 11) is 0. The summed E-state index contributed by atoms with van der Waals surface area (Å²) in [6.45, 7) is 15.4. The summed E-state index contributed by atoms with van der Waals surface area (Å²) in [5.41, 5.74) is 2.87. The molecular weight excluding hydrogens is 424 g/mol. The van der Waals surface area contributed by atoms with Crippen molar-refractivity contribution in [3.05, 3.63) is 11.1 Å². The monoisotopic (exact) mass is 474 g/mol. The predicted octanol–water partition coefficient (Wildman–Crippen LogP) is 6.33. The SMILES string of the molecule is CC(C)(O)[C@H]1CC[C@@]2(C)C/C(=C3/CC[C@H]4[C@]5(C)CC[C@H](O)C(C)(C)O[C@H]5CC[C@]34C)CC[C@@H]2O1. The molecule has 5 fully saturated rings. The van der Waals surface area contributed by atoms with Crippen LogP contribution in [0.3, 0.4) is 0 Å². The molecular formula is C30H50O4. The Kier molecular flexibility index (Phi) is 5.97. The summed E-state index contributed by atoms with van der Waals surface area (Å²) in [6.07, 6.45) is 12.3. The fraction of sp³-hybridized carbons (Fsp3) is 0.933. The van der Waals surface area contributed by atoms with Crippen LogP contribution >= 0.6 is 0 Å². The van der Waals surface area contributed by atoms with E-state index in [1.807, 2.05) is 13.8 Å². The fourth-order valence-electron chi connectivity index (χ4n) is 9.15. The Morgan fingerprint density at radius 3 is 2.29 bits per heavy atom. The zero-order valence-corrected chi connectivity index (χ0v) is 22.9. The Bertz CT molecular complexity index is 839. The lowest BCUT2D eigenvalue weighted by atomic mass is 9.53. The van der Waals surface area contributed by atoms with Gasteiger partial charge in [0, 0.05) is 0 Å². The minimum atomic E-state index is -0.761. The second-order valence-corrected chi connectivity index (χ2v) is 14.6. The third kappa shape index (κ3) is 3.85. The molecule has 8 atom stereocenters. The number of hydrogen-bond donors (Lipinski definition) is 2. The molecule has 0 aromatic carbocycles. The van der Waals surface area contributed by atoms with Gasteiger partial charge in [0.15, 0.2) is 0 Å². The van der Waals surface area contributed by atoms with Crippen LogP contribution in [0.4, 0.5) is 0 Å². The Labute approximate surface area is 207 Å². The van der Waals surface area contributed by atoms with E-state index in [2.05, 4.69) is 34.6 Å². The standard InChI is InChI=1S/C30H50O4/c1-26(2,32)23-13-15-28(5)18-19(8-11-24(28)33-23)20-9-10-21-29(20,6)17-14-25-30(21,7)16-12-22(31)27(3,4)34-25/h21-25,31-32H,8-18H2,1-7H3/b20-19-/t21-,22+,23-,24+,25+,28+,29-,30+/m1/s1. The third-order valence-corrected chi connectivity index (χ3v) is 11.4. The Balaban J connectivity index is 1.40. The average Bonchev–Trinajstić information content (AvgIpc) is 3.06. The normalized spacial score (nSPS) is 51.3. The Morgan fingerprint density at radius 2 is 1.59 bits per heavy atom. The number of hydrogen-bond acceptors (Lipinski definition) is 4. The van der Waals surface area contributed by atoms with Gasteiger partial charge in [0.25, 0.3) is 0 Å². The van der Waals surface area contributed by atoms with Crippen molar-refractivity contribution in [3.8, 4) is 0 Å². The highest BCUT2D eigenvalue weighted by Crippen LogP contribution is 2.66. The van der Waals surface area contributed by atoms with Gasteiger partial charge in [-0.3, -0.25) is 0 Å². The molecule has 3 aliphatic carbocycles. The van der Waals surface area contributed by atoms with Gasteiger partial charge in [-0.1, -0.05) is 31.9 Å². The summed E-state index contributed by atoms with van der Waals surface area (Å²) < 4.78 is 13.2. The first-order chi connectivity index (χ1) is 15.7. The smallest absolute Gasteiger partial charge is 0.0888 e. The van der Waals surface area contributed by atoms with Crippen LogP contribution < -0.4 is 0 Å². The first-order valence-corrected chi connectivity index (χ1v) is 14.1. The van der Waals surface area contributed by atoms with Crippen LogP contribution in [0.25, 0.3) is 0 Å². The molecule has 0 unspecified atom stereocenters. The first kappa shape index (κ1) is 25.2. The molecule has 2 aliphatic heterocycles. The summed E-state index contributed by atoms with van der Waals surface area (Å²) in [6, 6.07) is 0. The summed E-state index contributed by atoms with van der Waals surface area (Å²) in [5, 5.41) is 21.3. The molecule has 5 rings (SSSR count). The summed E-state index contributed by atoms with van der Waals surface area (Å²) >= 11 is 0. The molecule has 4 nitrogen and oxygen atoms in total. The van der Waals surface area contributed by atoms with Crippen molar-refractivity contribution in [3.63, 3.8) is 0 Å². The number of ether oxygens (including phenoxy) is 2. The first-order valence-electron chi connectivity index (χ1n) is 14.1. The lowest BCUT2D eigenvalue weighted by Gasteiger charge is -2.55. The van der Waals surface area contributed by atoms with E-state index in [9.17, 15) is 10.2 Å². The Hall–Kier alpha value is -0.420. The van der Waals surface area contributed by atoms with E-state index in [1.165, 1.54) is 19.3 Å². The molecule has 2 heterocycles. The second-order valence-electron chi connectivity index (χ2n) is 14.6. The van der Waals surface area contributed by atoms with Crippen LogP contribution in [-0.2, 0) is 9.47 Å². The largest absolute Gasteiger partial charge is 0.390 e. The van der Waals surface area contributed by atoms with Crippen molar-refractivity contribution in [2.45, 2.75) is 155 Å².